The Balaban J connectivity index is 2.25. The maximum Gasteiger partial charge on any atom is 0.135 e. The summed E-state index contributed by atoms with van der Waals surface area (Å²) >= 11 is 0. The lowest BCUT2D eigenvalue weighted by Crippen LogP contribution is -2.18. The molecule has 98 valence electrons. The number of para-hydroxylation sites is 1. The van der Waals surface area contributed by atoms with E-state index in [-0.39, 0.29) is 6.54 Å². The van der Waals surface area contributed by atoms with Gasteiger partial charge >= 0.3 is 0 Å². The van der Waals surface area contributed by atoms with Crippen LogP contribution in [-0.2, 0) is 0 Å². The van der Waals surface area contributed by atoms with Gasteiger partial charge in [0.25, 0.3) is 0 Å². The molecule has 2 aromatic rings. The summed E-state index contributed by atoms with van der Waals surface area (Å²) in [5.74, 6) is 1.21. The Hall–Kier alpha value is -3.12. The van der Waals surface area contributed by atoms with Crippen LogP contribution in [0, 0.1) is 22.7 Å². The Bertz CT molecular complexity index is 683. The van der Waals surface area contributed by atoms with Crippen LogP contribution >= 0.6 is 0 Å². The van der Waals surface area contributed by atoms with Gasteiger partial charge in [-0.05, 0) is 12.1 Å². The Morgan fingerprint density at radius 2 is 2.05 bits per heavy atom. The third-order valence-corrected chi connectivity index (χ3v) is 2.66. The molecule has 0 aliphatic carbocycles. The van der Waals surface area contributed by atoms with Crippen LogP contribution in [0.5, 0.6) is 0 Å². The van der Waals surface area contributed by atoms with Gasteiger partial charge in [-0.3, -0.25) is 0 Å². The average molecular weight is 264 g/mol. The lowest BCUT2D eigenvalue weighted by atomic mass is 10.2. The lowest BCUT2D eigenvalue weighted by molar-refractivity contribution is 0.981. The van der Waals surface area contributed by atoms with Gasteiger partial charge in [0.2, 0.25) is 0 Å². The van der Waals surface area contributed by atoms with Crippen LogP contribution < -0.4 is 10.2 Å². The van der Waals surface area contributed by atoms with Crippen LogP contribution in [0.3, 0.4) is 0 Å². The Morgan fingerprint density at radius 1 is 1.25 bits per heavy atom. The smallest absolute Gasteiger partial charge is 0.135 e. The first kappa shape index (κ1) is 13.3. The molecule has 2 rings (SSSR count). The monoisotopic (exact) mass is 264 g/mol. The molecular formula is C14H12N6. The first-order valence-corrected chi connectivity index (χ1v) is 5.91. The predicted octanol–water partition coefficient (Wildman–Crippen LogP) is 2.05. The van der Waals surface area contributed by atoms with E-state index in [1.807, 2.05) is 6.07 Å². The molecular weight excluding hydrogens is 252 g/mol. The molecule has 6 heteroatoms. The second-order valence-electron chi connectivity index (χ2n) is 4.06. The fourth-order valence-corrected chi connectivity index (χ4v) is 1.64. The minimum atomic E-state index is 0.241. The second kappa shape index (κ2) is 6.17. The van der Waals surface area contributed by atoms with Crippen molar-refractivity contribution < 1.29 is 0 Å². The molecule has 0 aliphatic heterocycles. The van der Waals surface area contributed by atoms with E-state index in [1.54, 1.807) is 36.2 Å². The SMILES string of the molecule is CN(CC#N)c1cc(Nc2ccccc2C#N)ncn1. The quantitative estimate of drug-likeness (QED) is 0.850. The van der Waals surface area contributed by atoms with Gasteiger partial charge in [-0.2, -0.15) is 10.5 Å². The predicted molar refractivity (Wildman–Crippen MR) is 75.4 cm³/mol. The normalized spacial score (nSPS) is 9.35. The lowest BCUT2D eigenvalue weighted by Gasteiger charge is -2.15. The summed E-state index contributed by atoms with van der Waals surface area (Å²) in [6.07, 6.45) is 1.42. The summed E-state index contributed by atoms with van der Waals surface area (Å²) in [6.45, 7) is 0.241. The van der Waals surface area contributed by atoms with E-state index in [0.717, 1.165) is 0 Å². The number of nitrogens with one attached hydrogen (secondary N) is 1. The van der Waals surface area contributed by atoms with E-state index in [2.05, 4.69) is 27.4 Å². The van der Waals surface area contributed by atoms with Gasteiger partial charge in [0.05, 0.1) is 17.3 Å². The molecule has 0 saturated heterocycles. The number of rotatable bonds is 4. The molecule has 20 heavy (non-hydrogen) atoms. The summed E-state index contributed by atoms with van der Waals surface area (Å²) in [4.78, 5) is 9.92. The second-order valence-corrected chi connectivity index (χ2v) is 4.06. The Morgan fingerprint density at radius 3 is 2.80 bits per heavy atom. The van der Waals surface area contributed by atoms with Gasteiger partial charge in [0, 0.05) is 13.1 Å². The molecule has 0 amide bonds. The van der Waals surface area contributed by atoms with Crippen LogP contribution in [0.2, 0.25) is 0 Å². The summed E-state index contributed by atoms with van der Waals surface area (Å²) < 4.78 is 0. The van der Waals surface area contributed by atoms with Crippen molar-refractivity contribution in [2.45, 2.75) is 0 Å². The first-order valence-electron chi connectivity index (χ1n) is 5.91. The van der Waals surface area contributed by atoms with Crippen molar-refractivity contribution in [1.82, 2.24) is 9.97 Å². The van der Waals surface area contributed by atoms with Crippen molar-refractivity contribution in [3.8, 4) is 12.1 Å². The number of benzene rings is 1. The maximum absolute atomic E-state index is 9.04. The molecule has 0 bridgehead atoms. The van der Waals surface area contributed by atoms with Gasteiger partial charge in [0.1, 0.15) is 30.6 Å². The van der Waals surface area contributed by atoms with Crippen LogP contribution in [-0.4, -0.2) is 23.6 Å². The third-order valence-electron chi connectivity index (χ3n) is 2.66. The van der Waals surface area contributed by atoms with Crippen molar-refractivity contribution >= 4 is 17.3 Å². The number of anilines is 3. The van der Waals surface area contributed by atoms with Crippen molar-refractivity contribution in [2.75, 3.05) is 23.8 Å². The molecule has 1 heterocycles. The van der Waals surface area contributed by atoms with Crippen molar-refractivity contribution in [3.63, 3.8) is 0 Å². The molecule has 0 aliphatic rings. The summed E-state index contributed by atoms with van der Waals surface area (Å²) in [7, 11) is 1.78. The third kappa shape index (κ3) is 3.01. The summed E-state index contributed by atoms with van der Waals surface area (Å²) in [6, 6.07) is 13.1. The highest BCUT2D eigenvalue weighted by Gasteiger charge is 2.06. The van der Waals surface area contributed by atoms with Gasteiger partial charge < -0.3 is 10.2 Å². The Kier molecular flexibility index (Phi) is 4.10. The van der Waals surface area contributed by atoms with E-state index in [0.29, 0.717) is 22.9 Å². The number of aromatic nitrogens is 2. The largest absolute Gasteiger partial charge is 0.346 e. The zero-order valence-corrected chi connectivity index (χ0v) is 10.9. The van der Waals surface area contributed by atoms with Crippen LogP contribution in [0.15, 0.2) is 36.7 Å². The summed E-state index contributed by atoms with van der Waals surface area (Å²) in [5.41, 5.74) is 1.22. The van der Waals surface area contributed by atoms with Crippen LogP contribution in [0.25, 0.3) is 0 Å². The van der Waals surface area contributed by atoms with E-state index >= 15 is 0 Å². The zero-order valence-electron chi connectivity index (χ0n) is 10.9. The minimum Gasteiger partial charge on any atom is -0.346 e. The number of nitriles is 2. The zero-order chi connectivity index (χ0) is 14.4. The van der Waals surface area contributed by atoms with E-state index in [9.17, 15) is 0 Å². The van der Waals surface area contributed by atoms with Crippen LogP contribution in [0.4, 0.5) is 17.3 Å². The molecule has 1 aromatic carbocycles. The highest BCUT2D eigenvalue weighted by atomic mass is 15.2. The number of hydrogen-bond acceptors (Lipinski definition) is 6. The molecule has 0 unspecified atom stereocenters. The van der Waals surface area contributed by atoms with E-state index < -0.39 is 0 Å². The van der Waals surface area contributed by atoms with Crippen molar-refractivity contribution in [2.24, 2.45) is 0 Å². The van der Waals surface area contributed by atoms with Gasteiger partial charge in [-0.15, -0.1) is 0 Å². The molecule has 0 spiro atoms. The first-order chi connectivity index (χ1) is 9.74. The maximum atomic E-state index is 9.04. The molecule has 0 saturated carbocycles. The van der Waals surface area contributed by atoms with E-state index in [1.165, 1.54) is 6.33 Å². The highest BCUT2D eigenvalue weighted by Crippen LogP contribution is 2.20. The highest BCUT2D eigenvalue weighted by molar-refractivity contribution is 5.65. The minimum absolute atomic E-state index is 0.241. The van der Waals surface area contributed by atoms with Crippen molar-refractivity contribution in [3.05, 3.63) is 42.2 Å². The fraction of sp³-hybridized carbons (Fsp3) is 0.143. The molecule has 0 atom stereocenters. The molecule has 0 radical (unpaired) electrons. The molecule has 1 aromatic heterocycles. The molecule has 1 N–H and O–H groups in total. The van der Waals surface area contributed by atoms with Crippen molar-refractivity contribution in [1.29, 1.82) is 10.5 Å². The van der Waals surface area contributed by atoms with Gasteiger partial charge in [-0.25, -0.2) is 9.97 Å². The summed E-state index contributed by atoms with van der Waals surface area (Å²) in [5, 5.41) is 20.8. The topological polar surface area (TPSA) is 88.6 Å². The van der Waals surface area contributed by atoms with E-state index in [4.69, 9.17) is 10.5 Å². The molecule has 0 fully saturated rings. The molecule has 6 nitrogen and oxygen atoms in total. The number of nitrogens with zero attached hydrogens (tertiary/aromatic N) is 5. The van der Waals surface area contributed by atoms with Crippen LogP contribution in [0.1, 0.15) is 5.56 Å². The number of hydrogen-bond donors (Lipinski definition) is 1. The fourth-order valence-electron chi connectivity index (χ4n) is 1.64. The van der Waals surface area contributed by atoms with Gasteiger partial charge in [0.15, 0.2) is 0 Å². The Labute approximate surface area is 116 Å². The average Bonchev–Trinajstić information content (AvgIpc) is 2.48. The standard InChI is InChI=1S/C14H12N6/c1-20(7-6-15)14-8-13(17-10-18-14)19-12-5-3-2-4-11(12)9-16/h2-5,8,10H,7H2,1H3,(H,17,18,19). The van der Waals surface area contributed by atoms with Gasteiger partial charge in [-0.1, -0.05) is 12.1 Å².